The molecule has 1 aliphatic heterocycles. The van der Waals surface area contributed by atoms with Gasteiger partial charge in [-0.25, -0.2) is 0 Å². The van der Waals surface area contributed by atoms with Crippen molar-refractivity contribution in [2.75, 3.05) is 13.1 Å². The van der Waals surface area contributed by atoms with Crippen molar-refractivity contribution in [3.63, 3.8) is 0 Å². The third-order valence-corrected chi connectivity index (χ3v) is 3.39. The Morgan fingerprint density at radius 2 is 2.11 bits per heavy atom. The third-order valence-electron chi connectivity index (χ3n) is 3.39. The summed E-state index contributed by atoms with van der Waals surface area (Å²) in [6.07, 6.45) is 3.75. The fourth-order valence-electron chi connectivity index (χ4n) is 2.49. The number of benzene rings is 1. The maximum Gasteiger partial charge on any atom is 0.134 e. The Morgan fingerprint density at radius 3 is 2.79 bits per heavy atom. The summed E-state index contributed by atoms with van der Waals surface area (Å²) in [5, 5.41) is 0. The first-order valence-electron chi connectivity index (χ1n) is 6.48. The van der Waals surface area contributed by atoms with Crippen molar-refractivity contribution in [3.05, 3.63) is 67.1 Å². The van der Waals surface area contributed by atoms with Gasteiger partial charge in [-0.15, -0.1) is 6.58 Å². The number of para-hydroxylation sites is 1. The smallest absolute Gasteiger partial charge is 0.134 e. The van der Waals surface area contributed by atoms with Crippen LogP contribution in [0.5, 0.6) is 5.75 Å². The minimum Gasteiger partial charge on any atom is -0.487 e. The lowest BCUT2D eigenvalue weighted by atomic mass is 9.96. The van der Waals surface area contributed by atoms with Gasteiger partial charge in [0.1, 0.15) is 23.7 Å². The maximum absolute atomic E-state index is 6.03. The molecule has 0 amide bonds. The first-order chi connectivity index (χ1) is 9.38. The molecule has 0 radical (unpaired) electrons. The van der Waals surface area contributed by atoms with Crippen LogP contribution >= 0.6 is 0 Å². The number of hydrogen-bond donors (Lipinski definition) is 0. The van der Waals surface area contributed by atoms with Crippen LogP contribution < -0.4 is 4.74 Å². The summed E-state index contributed by atoms with van der Waals surface area (Å²) in [7, 11) is 0. The molecule has 2 aromatic rings. The number of furan rings is 1. The van der Waals surface area contributed by atoms with Crippen molar-refractivity contribution < 1.29 is 9.15 Å². The van der Waals surface area contributed by atoms with Crippen molar-refractivity contribution >= 4 is 0 Å². The summed E-state index contributed by atoms with van der Waals surface area (Å²) in [6, 6.07) is 14.0. The fourth-order valence-corrected chi connectivity index (χ4v) is 2.49. The van der Waals surface area contributed by atoms with Crippen LogP contribution in [0.15, 0.2) is 65.8 Å². The van der Waals surface area contributed by atoms with Gasteiger partial charge in [0, 0.05) is 13.1 Å². The Kier molecular flexibility index (Phi) is 3.38. The predicted octanol–water partition coefficient (Wildman–Crippen LogP) is 3.27. The van der Waals surface area contributed by atoms with E-state index in [1.165, 1.54) is 0 Å². The SMILES string of the molecule is C=CCN1C[C@H](Oc2ccccc2)[C@H]1c1ccco1. The third kappa shape index (κ3) is 2.42. The van der Waals surface area contributed by atoms with E-state index in [4.69, 9.17) is 9.15 Å². The fraction of sp³-hybridized carbons (Fsp3) is 0.250. The van der Waals surface area contributed by atoms with Gasteiger partial charge in [-0.3, -0.25) is 4.90 Å². The molecule has 98 valence electrons. The standard InChI is InChI=1S/C16H17NO2/c1-2-10-17-12-15(16(17)14-9-6-11-18-14)19-13-7-4-3-5-8-13/h2-9,11,15-16H,1,10,12H2/t15-,16+/m0/s1. The zero-order valence-corrected chi connectivity index (χ0v) is 10.7. The molecular formula is C16H17NO2. The number of likely N-dealkylation sites (tertiary alicyclic amines) is 1. The Balaban J connectivity index is 1.74. The Bertz CT molecular complexity index is 521. The summed E-state index contributed by atoms with van der Waals surface area (Å²) < 4.78 is 11.6. The van der Waals surface area contributed by atoms with Crippen LogP contribution in [0.25, 0.3) is 0 Å². The van der Waals surface area contributed by atoms with Gasteiger partial charge < -0.3 is 9.15 Å². The molecule has 1 saturated heterocycles. The van der Waals surface area contributed by atoms with E-state index in [2.05, 4.69) is 11.5 Å². The Hall–Kier alpha value is -2.00. The zero-order chi connectivity index (χ0) is 13.1. The molecule has 0 N–H and O–H groups in total. The van der Waals surface area contributed by atoms with Gasteiger partial charge >= 0.3 is 0 Å². The van der Waals surface area contributed by atoms with Crippen LogP contribution in [0.3, 0.4) is 0 Å². The number of nitrogens with zero attached hydrogens (tertiary/aromatic N) is 1. The van der Waals surface area contributed by atoms with Crippen molar-refractivity contribution in [2.24, 2.45) is 0 Å². The summed E-state index contributed by atoms with van der Waals surface area (Å²) in [6.45, 7) is 5.54. The molecule has 19 heavy (non-hydrogen) atoms. The van der Waals surface area contributed by atoms with E-state index >= 15 is 0 Å². The topological polar surface area (TPSA) is 25.6 Å². The van der Waals surface area contributed by atoms with E-state index in [9.17, 15) is 0 Å². The van der Waals surface area contributed by atoms with Gasteiger partial charge in [0.05, 0.1) is 6.26 Å². The molecule has 0 aliphatic carbocycles. The van der Waals surface area contributed by atoms with Crippen LogP contribution in [0, 0.1) is 0 Å². The van der Waals surface area contributed by atoms with E-state index in [0.717, 1.165) is 24.6 Å². The largest absolute Gasteiger partial charge is 0.487 e. The average Bonchev–Trinajstić information content (AvgIpc) is 2.92. The molecule has 3 heteroatoms. The molecule has 0 spiro atoms. The van der Waals surface area contributed by atoms with Crippen LogP contribution in [-0.4, -0.2) is 24.1 Å². The average molecular weight is 255 g/mol. The summed E-state index contributed by atoms with van der Waals surface area (Å²) in [5.41, 5.74) is 0. The molecule has 1 aliphatic rings. The summed E-state index contributed by atoms with van der Waals surface area (Å²) in [4.78, 5) is 2.29. The minimum absolute atomic E-state index is 0.133. The first-order valence-corrected chi connectivity index (χ1v) is 6.48. The molecule has 3 nitrogen and oxygen atoms in total. The number of rotatable bonds is 5. The first kappa shape index (κ1) is 12.1. The number of ether oxygens (including phenoxy) is 1. The number of hydrogen-bond acceptors (Lipinski definition) is 3. The highest BCUT2D eigenvalue weighted by Crippen LogP contribution is 2.36. The van der Waals surface area contributed by atoms with E-state index in [-0.39, 0.29) is 12.1 Å². The van der Waals surface area contributed by atoms with Gasteiger partial charge in [-0.2, -0.15) is 0 Å². The molecule has 0 saturated carbocycles. The highest BCUT2D eigenvalue weighted by molar-refractivity contribution is 5.23. The normalized spacial score (nSPS) is 22.7. The lowest BCUT2D eigenvalue weighted by Gasteiger charge is -2.45. The van der Waals surface area contributed by atoms with Gasteiger partial charge in [0.15, 0.2) is 0 Å². The second kappa shape index (κ2) is 5.33. The highest BCUT2D eigenvalue weighted by Gasteiger charge is 2.42. The Morgan fingerprint density at radius 1 is 1.26 bits per heavy atom. The van der Waals surface area contributed by atoms with Crippen LogP contribution in [0.4, 0.5) is 0 Å². The molecule has 1 aromatic carbocycles. The monoisotopic (exact) mass is 255 g/mol. The second-order valence-electron chi connectivity index (χ2n) is 4.67. The van der Waals surface area contributed by atoms with E-state index in [1.807, 2.05) is 48.5 Å². The maximum atomic E-state index is 6.03. The highest BCUT2D eigenvalue weighted by atomic mass is 16.5. The molecule has 0 unspecified atom stereocenters. The molecule has 0 bridgehead atoms. The quantitative estimate of drug-likeness (QED) is 0.767. The second-order valence-corrected chi connectivity index (χ2v) is 4.67. The van der Waals surface area contributed by atoms with Gasteiger partial charge in [0.25, 0.3) is 0 Å². The molecular weight excluding hydrogens is 238 g/mol. The van der Waals surface area contributed by atoms with Crippen LogP contribution in [-0.2, 0) is 0 Å². The summed E-state index contributed by atoms with van der Waals surface area (Å²) >= 11 is 0. The van der Waals surface area contributed by atoms with Crippen LogP contribution in [0.2, 0.25) is 0 Å². The van der Waals surface area contributed by atoms with Crippen molar-refractivity contribution in [3.8, 4) is 5.75 Å². The van der Waals surface area contributed by atoms with Gasteiger partial charge in [-0.05, 0) is 24.3 Å². The van der Waals surface area contributed by atoms with Crippen LogP contribution in [0.1, 0.15) is 11.8 Å². The van der Waals surface area contributed by atoms with E-state index in [0.29, 0.717) is 0 Å². The van der Waals surface area contributed by atoms with Crippen molar-refractivity contribution in [2.45, 2.75) is 12.1 Å². The molecule has 3 rings (SSSR count). The predicted molar refractivity (Wildman–Crippen MR) is 74.1 cm³/mol. The van der Waals surface area contributed by atoms with Gasteiger partial charge in [-0.1, -0.05) is 24.3 Å². The summed E-state index contributed by atoms with van der Waals surface area (Å²) in [5.74, 6) is 1.86. The molecule has 2 heterocycles. The van der Waals surface area contributed by atoms with E-state index < -0.39 is 0 Å². The minimum atomic E-state index is 0.133. The lowest BCUT2D eigenvalue weighted by molar-refractivity contribution is -0.0496. The zero-order valence-electron chi connectivity index (χ0n) is 10.7. The van der Waals surface area contributed by atoms with E-state index in [1.54, 1.807) is 6.26 Å². The Labute approximate surface area is 113 Å². The lowest BCUT2D eigenvalue weighted by Crippen LogP contribution is -2.56. The van der Waals surface area contributed by atoms with Gasteiger partial charge in [0.2, 0.25) is 0 Å². The molecule has 1 aromatic heterocycles. The van der Waals surface area contributed by atoms with Crippen molar-refractivity contribution in [1.29, 1.82) is 0 Å². The van der Waals surface area contributed by atoms with Crippen molar-refractivity contribution in [1.82, 2.24) is 4.90 Å². The molecule has 1 fully saturated rings. The molecule has 2 atom stereocenters.